The molecular weight excluding hydrogens is 2510 g/mol. The third-order valence-corrected chi connectivity index (χ3v) is 0. The summed E-state index contributed by atoms with van der Waals surface area (Å²) in [6.07, 6.45) is 0. The molecule has 160 valence electrons. The van der Waals surface area contributed by atoms with Crippen LogP contribution in [0.25, 0.3) is 0 Å². The molecule has 0 rings (SSSR count). The van der Waals surface area contributed by atoms with Crippen molar-refractivity contribution in [1.82, 2.24) is 0 Å². The molecule has 0 spiro atoms. The molecule has 0 N–H and O–H groups in total. The Hall–Kier alpha value is 18.0. The van der Waals surface area contributed by atoms with Crippen molar-refractivity contribution in [2.75, 3.05) is 0 Å². The van der Waals surface area contributed by atoms with Gasteiger partial charge in [0.1, 0.15) is 0 Å². The molecule has 0 aliphatic carbocycles. The maximum atomic E-state index is 0. The van der Waals surface area contributed by atoms with Gasteiger partial charge in [-0.1, -0.05) is 0 Å². The molecule has 0 unspecified atom stereocenters. The van der Waals surface area contributed by atoms with E-state index in [2.05, 4.69) is 0 Å². The summed E-state index contributed by atoms with van der Waals surface area (Å²) < 4.78 is 0. The predicted octanol–water partition coefficient (Wildman–Crippen LogP) is -45.0. The second kappa shape index (κ2) is 188. The van der Waals surface area contributed by atoms with Crippen molar-refractivity contribution in [3.05, 3.63) is 0 Å². The van der Waals surface area contributed by atoms with Gasteiger partial charge < -0.3 is 312 Å². The largest absolute Gasteiger partial charge is 1.00 e. The average molecular weight is 2510 g/mol. The summed E-state index contributed by atoms with van der Waals surface area (Å²) in [7, 11) is 0. The molecule has 0 saturated heterocycles. The Kier molecular flexibility index (Phi) is 1660. The Bertz CT molecular complexity index is 29.9. The Balaban J connectivity index is 0. The minimum atomic E-state index is 0. The minimum absolute atomic E-state index is 0. The number of hydrogen-bond acceptors (Lipinski definition) is 0. The summed E-state index contributed by atoms with van der Waals surface area (Å²) in [5.74, 6) is 0. The SMILES string of the molecule is [I-].[I-].[I-].[I-].[I-].[I-].[I-].[I-].[I-].[I-].[I-].[I-].[I-].[K+].[K+].[Tc].[Tc].[Tc].[Tc].[Tc].[Tc].[Tc].[Tc]. The summed E-state index contributed by atoms with van der Waals surface area (Å²) in [6.45, 7) is 0. The Labute approximate surface area is 556 Å². The molecule has 0 aromatic heterocycles. The van der Waals surface area contributed by atoms with E-state index < -0.39 is 0 Å². The topological polar surface area (TPSA) is 0 Å². The van der Waals surface area contributed by atoms with Crippen LogP contribution < -0.4 is 414 Å². The van der Waals surface area contributed by atoms with E-state index in [-0.39, 0.29) is 575 Å². The first kappa shape index (κ1) is 203. The molecule has 0 aliphatic rings. The molecule has 0 nitrogen and oxygen atoms in total. The monoisotopic (exact) mass is 2500 g/mol. The number of halogens is 13. The maximum Gasteiger partial charge on any atom is 1.00 e. The van der Waals surface area contributed by atoms with Gasteiger partial charge in [0.05, 0.1) is 0 Å². The Morgan fingerprint density at radius 2 is 0.130 bits per heavy atom. The zero-order valence-electron chi connectivity index (χ0n) is 9.94. The fourth-order valence-corrected chi connectivity index (χ4v) is 0. The minimum Gasteiger partial charge on any atom is -1.00 e. The van der Waals surface area contributed by atoms with Gasteiger partial charge in [-0.25, -0.2) is 0 Å². The standard InChI is InChI=1S/13HI.2K.8Tc/h13*1H;;;;;;;;;;/q;;;;;;;;;;;;;2*+1;;;;;;;;/p-13. The molecule has 0 aromatic rings. The van der Waals surface area contributed by atoms with Crippen LogP contribution in [0.1, 0.15) is 0 Å². The van der Waals surface area contributed by atoms with Gasteiger partial charge in [0.2, 0.25) is 0 Å². The van der Waals surface area contributed by atoms with Gasteiger partial charge in [0.25, 0.3) is 0 Å². The van der Waals surface area contributed by atoms with Crippen LogP contribution in [0.4, 0.5) is 0 Å². The zero-order valence-corrected chi connectivity index (χ0v) is 59.1. The van der Waals surface area contributed by atoms with Crippen LogP contribution in [0.2, 0.25) is 0 Å². The molecule has 0 atom stereocenters. The number of rotatable bonds is 0. The van der Waals surface area contributed by atoms with Crippen molar-refractivity contribution in [2.45, 2.75) is 0 Å². The first-order chi connectivity index (χ1) is 0. The Morgan fingerprint density at radius 3 is 0.130 bits per heavy atom. The second-order valence-electron chi connectivity index (χ2n) is 0. The van der Waals surface area contributed by atoms with Gasteiger partial charge >= 0.3 is 103 Å². The van der Waals surface area contributed by atoms with E-state index in [1.807, 2.05) is 0 Å². The molecule has 8 radical (unpaired) electrons. The summed E-state index contributed by atoms with van der Waals surface area (Å²) in [6, 6.07) is 0. The van der Waals surface area contributed by atoms with Crippen molar-refractivity contribution in [2.24, 2.45) is 0 Å². The van der Waals surface area contributed by atoms with Gasteiger partial charge in [-0.15, -0.1) is 0 Å². The molecule has 0 bridgehead atoms. The first-order valence-corrected chi connectivity index (χ1v) is 0. The van der Waals surface area contributed by atoms with Crippen LogP contribution in [-0.2, 0) is 161 Å². The third-order valence-electron chi connectivity index (χ3n) is 0. The summed E-state index contributed by atoms with van der Waals surface area (Å²) in [5.41, 5.74) is 0. The van der Waals surface area contributed by atoms with Crippen LogP contribution in [0.15, 0.2) is 0 Å². The van der Waals surface area contributed by atoms with Crippen molar-refractivity contribution in [3.63, 3.8) is 0 Å². The van der Waals surface area contributed by atoms with Crippen LogP contribution >= 0.6 is 0 Å². The molecule has 0 fully saturated rings. The van der Waals surface area contributed by atoms with Gasteiger partial charge in [-0.2, -0.15) is 0 Å². The van der Waals surface area contributed by atoms with Crippen LogP contribution in [-0.4, -0.2) is 0 Å². The van der Waals surface area contributed by atoms with Gasteiger partial charge in [-0.3, -0.25) is 0 Å². The van der Waals surface area contributed by atoms with Crippen molar-refractivity contribution in [3.8, 4) is 0 Å². The van der Waals surface area contributed by atoms with E-state index in [1.165, 1.54) is 0 Å². The Morgan fingerprint density at radius 1 is 0.130 bits per heavy atom. The molecule has 0 saturated carbocycles. The second-order valence-corrected chi connectivity index (χ2v) is 0. The quantitative estimate of drug-likeness (QED) is 0.168. The molecular formula is I13K2Tc8-11. The molecule has 0 heterocycles. The molecule has 23 heavy (non-hydrogen) atoms. The normalized spacial score (nSPS) is 0. The maximum absolute atomic E-state index is 0. The predicted molar refractivity (Wildman–Crippen MR) is 0 cm³/mol. The number of hydrogen-bond donors (Lipinski definition) is 0. The zero-order chi connectivity index (χ0) is 0. The van der Waals surface area contributed by atoms with E-state index in [9.17, 15) is 0 Å². The average Bonchev–Trinajstić information content (AvgIpc) is 0. The fraction of sp³-hybridized carbons (Fsp3) is 0. The van der Waals surface area contributed by atoms with Gasteiger partial charge in [-0.05, 0) is 0 Å². The van der Waals surface area contributed by atoms with Crippen LogP contribution in [0.5, 0.6) is 0 Å². The smallest absolute Gasteiger partial charge is 1.00 e. The summed E-state index contributed by atoms with van der Waals surface area (Å²) in [4.78, 5) is 0. The summed E-state index contributed by atoms with van der Waals surface area (Å²) in [5, 5.41) is 0. The molecule has 0 aliphatic heterocycles. The van der Waals surface area contributed by atoms with Crippen LogP contribution in [0.3, 0.4) is 0 Å². The van der Waals surface area contributed by atoms with Crippen molar-refractivity contribution >= 4 is 0 Å². The van der Waals surface area contributed by atoms with E-state index in [0.717, 1.165) is 0 Å². The first-order valence-electron chi connectivity index (χ1n) is 0. The third kappa shape index (κ3) is 179. The van der Waals surface area contributed by atoms with Crippen molar-refractivity contribution in [1.29, 1.82) is 0 Å². The summed E-state index contributed by atoms with van der Waals surface area (Å²) >= 11 is 0. The van der Waals surface area contributed by atoms with Gasteiger partial charge in [0.15, 0.2) is 0 Å². The van der Waals surface area contributed by atoms with E-state index >= 15 is 0 Å². The molecule has 23 heteroatoms. The van der Waals surface area contributed by atoms with E-state index in [1.54, 1.807) is 0 Å². The van der Waals surface area contributed by atoms with Gasteiger partial charge in [0, 0.05) is 161 Å². The van der Waals surface area contributed by atoms with Crippen LogP contribution in [0, 0.1) is 0 Å². The van der Waals surface area contributed by atoms with E-state index in [4.69, 9.17) is 0 Å². The van der Waals surface area contributed by atoms with E-state index in [0.29, 0.717) is 0 Å². The molecule has 0 aromatic carbocycles. The van der Waals surface area contributed by atoms with Crippen molar-refractivity contribution < 1.29 is 575 Å². The molecule has 0 amide bonds. The fourth-order valence-electron chi connectivity index (χ4n) is 0.